The van der Waals surface area contributed by atoms with Gasteiger partial charge in [0.1, 0.15) is 0 Å². The molecule has 1 aromatic heterocycles. The van der Waals surface area contributed by atoms with Gasteiger partial charge in [-0.15, -0.1) is 0 Å². The standard InChI is InChI=1S/C11H7BrClN/c1-7(13)11-9(12)6-8-4-2-3-5-10(8)14-11/h2-6H,1H2. The van der Waals surface area contributed by atoms with Crippen LogP contribution < -0.4 is 0 Å². The smallest absolute Gasteiger partial charge is 0.0959 e. The van der Waals surface area contributed by atoms with Crippen LogP contribution in [0.15, 0.2) is 41.4 Å². The topological polar surface area (TPSA) is 12.9 Å². The summed E-state index contributed by atoms with van der Waals surface area (Å²) in [4.78, 5) is 4.40. The molecule has 3 heteroatoms. The Balaban J connectivity index is 2.77. The average molecular weight is 269 g/mol. The SMILES string of the molecule is C=C(Cl)c1nc2ccccc2cc1Br. The van der Waals surface area contributed by atoms with E-state index >= 15 is 0 Å². The fraction of sp³-hybridized carbons (Fsp3) is 0. The van der Waals surface area contributed by atoms with Crippen LogP contribution in [0, 0.1) is 0 Å². The van der Waals surface area contributed by atoms with E-state index in [1.54, 1.807) is 0 Å². The van der Waals surface area contributed by atoms with Crippen molar-refractivity contribution in [2.24, 2.45) is 0 Å². The Hall–Kier alpha value is -0.860. The Morgan fingerprint density at radius 1 is 1.36 bits per heavy atom. The fourth-order valence-corrected chi connectivity index (χ4v) is 2.11. The third-order valence-corrected chi connectivity index (χ3v) is 2.72. The molecule has 0 aliphatic carbocycles. The van der Waals surface area contributed by atoms with Crippen molar-refractivity contribution in [1.82, 2.24) is 4.98 Å². The molecule has 2 aromatic rings. The van der Waals surface area contributed by atoms with Crippen LogP contribution in [0.4, 0.5) is 0 Å². The van der Waals surface area contributed by atoms with Gasteiger partial charge in [0.05, 0.1) is 16.2 Å². The number of nitrogens with zero attached hydrogens (tertiary/aromatic N) is 1. The minimum absolute atomic E-state index is 0.447. The van der Waals surface area contributed by atoms with Gasteiger partial charge in [-0.1, -0.05) is 36.4 Å². The number of aromatic nitrogens is 1. The van der Waals surface area contributed by atoms with Gasteiger partial charge >= 0.3 is 0 Å². The molecular formula is C11H7BrClN. The Kier molecular flexibility index (Phi) is 2.57. The number of hydrogen-bond acceptors (Lipinski definition) is 1. The molecule has 1 heterocycles. The van der Waals surface area contributed by atoms with Gasteiger partial charge in [0.2, 0.25) is 0 Å². The summed E-state index contributed by atoms with van der Waals surface area (Å²) >= 11 is 9.23. The lowest BCUT2D eigenvalue weighted by molar-refractivity contribution is 1.34. The maximum absolute atomic E-state index is 5.82. The molecule has 0 fully saturated rings. The average Bonchev–Trinajstić information content (AvgIpc) is 2.16. The molecule has 0 saturated carbocycles. The van der Waals surface area contributed by atoms with Gasteiger partial charge in [-0.25, -0.2) is 4.98 Å². The van der Waals surface area contributed by atoms with Crippen molar-refractivity contribution in [1.29, 1.82) is 0 Å². The maximum Gasteiger partial charge on any atom is 0.0959 e. The van der Waals surface area contributed by atoms with Gasteiger partial charge in [0, 0.05) is 9.86 Å². The zero-order chi connectivity index (χ0) is 10.1. The summed E-state index contributed by atoms with van der Waals surface area (Å²) in [6.45, 7) is 3.67. The molecule has 0 aliphatic heterocycles. The number of para-hydroxylation sites is 1. The lowest BCUT2D eigenvalue weighted by Gasteiger charge is -2.03. The molecule has 0 amide bonds. The van der Waals surface area contributed by atoms with Crippen molar-refractivity contribution >= 4 is 43.5 Å². The molecule has 0 radical (unpaired) electrons. The fourth-order valence-electron chi connectivity index (χ4n) is 1.28. The number of rotatable bonds is 1. The summed E-state index contributed by atoms with van der Waals surface area (Å²) in [7, 11) is 0. The van der Waals surface area contributed by atoms with Crippen LogP contribution in [0.3, 0.4) is 0 Å². The van der Waals surface area contributed by atoms with E-state index in [0.29, 0.717) is 10.7 Å². The molecule has 0 spiro atoms. The van der Waals surface area contributed by atoms with Crippen LogP contribution in [0.5, 0.6) is 0 Å². The third kappa shape index (κ3) is 1.68. The first-order valence-corrected chi connectivity index (χ1v) is 5.25. The van der Waals surface area contributed by atoms with Crippen molar-refractivity contribution in [2.45, 2.75) is 0 Å². The molecule has 0 unspecified atom stereocenters. The number of halogens is 2. The van der Waals surface area contributed by atoms with Crippen molar-refractivity contribution in [3.05, 3.63) is 47.1 Å². The van der Waals surface area contributed by atoms with Crippen LogP contribution in [-0.2, 0) is 0 Å². The maximum atomic E-state index is 5.82. The normalized spacial score (nSPS) is 10.4. The molecule has 0 N–H and O–H groups in total. The summed E-state index contributed by atoms with van der Waals surface area (Å²) in [5, 5.41) is 1.53. The van der Waals surface area contributed by atoms with Crippen molar-refractivity contribution in [3.8, 4) is 0 Å². The van der Waals surface area contributed by atoms with Gasteiger partial charge in [0.25, 0.3) is 0 Å². The van der Waals surface area contributed by atoms with E-state index in [4.69, 9.17) is 11.6 Å². The quantitative estimate of drug-likeness (QED) is 0.755. The minimum Gasteiger partial charge on any atom is -0.246 e. The lowest BCUT2D eigenvalue weighted by atomic mass is 10.2. The highest BCUT2D eigenvalue weighted by Gasteiger charge is 2.05. The van der Waals surface area contributed by atoms with E-state index in [-0.39, 0.29) is 0 Å². The molecule has 0 saturated heterocycles. The van der Waals surface area contributed by atoms with Gasteiger partial charge < -0.3 is 0 Å². The highest BCUT2D eigenvalue weighted by atomic mass is 79.9. The second-order valence-electron chi connectivity index (χ2n) is 2.92. The van der Waals surface area contributed by atoms with Crippen molar-refractivity contribution in [3.63, 3.8) is 0 Å². The Bertz CT molecular complexity index is 508. The third-order valence-electron chi connectivity index (χ3n) is 1.93. The van der Waals surface area contributed by atoms with Crippen molar-refractivity contribution in [2.75, 3.05) is 0 Å². The predicted molar refractivity (Wildman–Crippen MR) is 64.3 cm³/mol. The largest absolute Gasteiger partial charge is 0.246 e. The summed E-state index contributed by atoms with van der Waals surface area (Å²) in [5.41, 5.74) is 1.62. The van der Waals surface area contributed by atoms with Gasteiger partial charge in [0.15, 0.2) is 0 Å². The molecule has 0 aliphatic rings. The van der Waals surface area contributed by atoms with Crippen LogP contribution in [0.2, 0.25) is 0 Å². The number of fused-ring (bicyclic) bond motifs is 1. The van der Waals surface area contributed by atoms with E-state index in [1.807, 2.05) is 30.3 Å². The molecule has 14 heavy (non-hydrogen) atoms. The molecule has 70 valence electrons. The molecule has 1 nitrogen and oxygen atoms in total. The van der Waals surface area contributed by atoms with Crippen LogP contribution >= 0.6 is 27.5 Å². The predicted octanol–water partition coefficient (Wildman–Crippen LogP) is 4.21. The van der Waals surface area contributed by atoms with Crippen LogP contribution in [-0.4, -0.2) is 4.98 Å². The number of benzene rings is 1. The monoisotopic (exact) mass is 267 g/mol. The Morgan fingerprint density at radius 3 is 2.79 bits per heavy atom. The van der Waals surface area contributed by atoms with Crippen molar-refractivity contribution < 1.29 is 0 Å². The van der Waals surface area contributed by atoms with E-state index in [1.165, 1.54) is 0 Å². The second-order valence-corrected chi connectivity index (χ2v) is 4.23. The zero-order valence-corrected chi connectivity index (χ0v) is 9.64. The van der Waals surface area contributed by atoms with Gasteiger partial charge in [-0.05, 0) is 28.1 Å². The van der Waals surface area contributed by atoms with Gasteiger partial charge in [-0.3, -0.25) is 0 Å². The second kappa shape index (κ2) is 3.71. The van der Waals surface area contributed by atoms with E-state index in [0.717, 1.165) is 15.4 Å². The number of pyridine rings is 1. The van der Waals surface area contributed by atoms with E-state index in [2.05, 4.69) is 27.5 Å². The Labute approximate surface area is 95.5 Å². The summed E-state index contributed by atoms with van der Waals surface area (Å²) in [5.74, 6) is 0. The summed E-state index contributed by atoms with van der Waals surface area (Å²) < 4.78 is 0.871. The molecular weight excluding hydrogens is 261 g/mol. The molecule has 1 aromatic carbocycles. The Morgan fingerprint density at radius 2 is 2.07 bits per heavy atom. The highest BCUT2D eigenvalue weighted by molar-refractivity contribution is 9.10. The molecule has 0 bridgehead atoms. The highest BCUT2D eigenvalue weighted by Crippen LogP contribution is 2.27. The van der Waals surface area contributed by atoms with Crippen LogP contribution in [0.25, 0.3) is 15.9 Å². The van der Waals surface area contributed by atoms with E-state index < -0.39 is 0 Å². The van der Waals surface area contributed by atoms with E-state index in [9.17, 15) is 0 Å². The summed E-state index contributed by atoms with van der Waals surface area (Å²) in [6.07, 6.45) is 0. The number of hydrogen-bond donors (Lipinski definition) is 0. The first-order valence-electron chi connectivity index (χ1n) is 4.08. The molecule has 0 atom stereocenters. The van der Waals surface area contributed by atoms with Gasteiger partial charge in [-0.2, -0.15) is 0 Å². The molecule has 2 rings (SSSR count). The first kappa shape index (κ1) is 9.69. The first-order chi connectivity index (χ1) is 6.68. The lowest BCUT2D eigenvalue weighted by Crippen LogP contribution is -1.87. The summed E-state index contributed by atoms with van der Waals surface area (Å²) in [6, 6.07) is 9.87. The minimum atomic E-state index is 0.447. The zero-order valence-electron chi connectivity index (χ0n) is 7.30. The van der Waals surface area contributed by atoms with Crippen LogP contribution in [0.1, 0.15) is 5.69 Å².